The van der Waals surface area contributed by atoms with E-state index in [4.69, 9.17) is 0 Å². The molecule has 106 valence electrons. The number of benzene rings is 1. The summed E-state index contributed by atoms with van der Waals surface area (Å²) in [7, 11) is 0. The van der Waals surface area contributed by atoms with E-state index in [1.54, 1.807) is 0 Å². The monoisotopic (exact) mass is 272 g/mol. The van der Waals surface area contributed by atoms with Crippen LogP contribution in [-0.4, -0.2) is 22.3 Å². The molecule has 0 saturated heterocycles. The number of hydrogen-bond donors (Lipinski definition) is 1. The number of nitrogens with one attached hydrogen (secondary N) is 1. The van der Waals surface area contributed by atoms with E-state index >= 15 is 0 Å². The molecular formula is C16H20N2O2. The first-order valence-electron chi connectivity index (χ1n) is 6.82. The van der Waals surface area contributed by atoms with Crippen molar-refractivity contribution in [1.29, 1.82) is 0 Å². The van der Waals surface area contributed by atoms with Gasteiger partial charge in [-0.2, -0.15) is 0 Å². The van der Waals surface area contributed by atoms with Crippen molar-refractivity contribution >= 4 is 22.6 Å². The summed E-state index contributed by atoms with van der Waals surface area (Å²) in [6.45, 7) is 5.59. The maximum atomic E-state index is 12.1. The number of rotatable bonds is 5. The molecule has 2 rings (SSSR count). The Morgan fingerprint density at radius 1 is 1.20 bits per heavy atom. The van der Waals surface area contributed by atoms with Crippen molar-refractivity contribution in [1.82, 2.24) is 9.88 Å². The normalized spacial score (nSPS) is 12.6. The van der Waals surface area contributed by atoms with Gasteiger partial charge in [-0.25, -0.2) is 0 Å². The Labute approximate surface area is 118 Å². The molecule has 0 fully saturated rings. The van der Waals surface area contributed by atoms with Crippen molar-refractivity contribution < 1.29 is 9.59 Å². The maximum Gasteiger partial charge on any atom is 0.240 e. The molecule has 1 unspecified atom stereocenters. The molecule has 2 aromatic rings. The first kappa shape index (κ1) is 14.3. The topological polar surface area (TPSA) is 51.1 Å². The summed E-state index contributed by atoms with van der Waals surface area (Å²) in [6, 6.07) is 9.47. The zero-order chi connectivity index (χ0) is 14.7. The number of ketones is 1. The highest BCUT2D eigenvalue weighted by Gasteiger charge is 2.20. The van der Waals surface area contributed by atoms with Crippen LogP contribution in [0, 0.1) is 5.92 Å². The number of para-hydroxylation sites is 1. The van der Waals surface area contributed by atoms with Crippen molar-refractivity contribution in [3.63, 3.8) is 0 Å². The van der Waals surface area contributed by atoms with Crippen LogP contribution < -0.4 is 5.32 Å². The average molecular weight is 272 g/mol. The molecule has 0 aliphatic rings. The quantitative estimate of drug-likeness (QED) is 0.908. The number of hydrogen-bond acceptors (Lipinski definition) is 2. The zero-order valence-electron chi connectivity index (χ0n) is 12.1. The highest BCUT2D eigenvalue weighted by molar-refractivity contribution is 5.88. The number of Topliss-reactive ketones (excluding diaryl/α,β-unsaturated/α-hetero) is 1. The van der Waals surface area contributed by atoms with Gasteiger partial charge in [0.1, 0.15) is 6.54 Å². The molecule has 1 N–H and O–H groups in total. The second-order valence-corrected chi connectivity index (χ2v) is 5.40. The average Bonchev–Trinajstić information content (AvgIpc) is 2.79. The molecule has 0 saturated carbocycles. The smallest absolute Gasteiger partial charge is 0.240 e. The van der Waals surface area contributed by atoms with Crippen LogP contribution in [0.4, 0.5) is 0 Å². The van der Waals surface area contributed by atoms with E-state index in [-0.39, 0.29) is 24.2 Å². The number of fused-ring (bicyclic) bond motifs is 1. The van der Waals surface area contributed by atoms with E-state index in [9.17, 15) is 9.59 Å². The van der Waals surface area contributed by atoms with Crippen LogP contribution in [0.1, 0.15) is 20.8 Å². The lowest BCUT2D eigenvalue weighted by atomic mass is 10.0. The van der Waals surface area contributed by atoms with Gasteiger partial charge in [0.15, 0.2) is 5.78 Å². The summed E-state index contributed by atoms with van der Waals surface area (Å²) in [5, 5.41) is 3.91. The largest absolute Gasteiger partial charge is 0.344 e. The van der Waals surface area contributed by atoms with E-state index in [1.807, 2.05) is 54.9 Å². The Bertz CT molecular complexity index is 628. The van der Waals surface area contributed by atoms with Crippen LogP contribution in [0.25, 0.3) is 10.9 Å². The summed E-state index contributed by atoms with van der Waals surface area (Å²) in [6.07, 6.45) is 1.89. The molecule has 1 aromatic carbocycles. The summed E-state index contributed by atoms with van der Waals surface area (Å²) < 4.78 is 1.89. The third-order valence-corrected chi connectivity index (χ3v) is 3.42. The molecule has 0 bridgehead atoms. The van der Waals surface area contributed by atoms with Gasteiger partial charge in [-0.05, 0) is 30.4 Å². The molecule has 1 atom stereocenters. The van der Waals surface area contributed by atoms with E-state index in [0.717, 1.165) is 10.9 Å². The molecular weight excluding hydrogens is 252 g/mol. The molecule has 0 aliphatic heterocycles. The molecule has 1 heterocycles. The first-order valence-corrected chi connectivity index (χ1v) is 6.82. The molecule has 1 aromatic heterocycles. The molecule has 0 spiro atoms. The fourth-order valence-electron chi connectivity index (χ4n) is 2.39. The highest BCUT2D eigenvalue weighted by Crippen LogP contribution is 2.14. The fraction of sp³-hybridized carbons (Fsp3) is 0.375. The second kappa shape index (κ2) is 5.90. The van der Waals surface area contributed by atoms with Crippen molar-refractivity contribution in [2.75, 3.05) is 0 Å². The molecule has 0 radical (unpaired) electrons. The molecule has 0 aliphatic carbocycles. The number of amides is 1. The van der Waals surface area contributed by atoms with E-state index in [2.05, 4.69) is 5.32 Å². The van der Waals surface area contributed by atoms with Crippen molar-refractivity contribution in [2.24, 2.45) is 5.92 Å². The van der Waals surface area contributed by atoms with Crippen molar-refractivity contribution in [3.8, 4) is 0 Å². The number of aromatic nitrogens is 1. The van der Waals surface area contributed by atoms with Crippen LogP contribution in [0.15, 0.2) is 36.5 Å². The minimum Gasteiger partial charge on any atom is -0.344 e. The van der Waals surface area contributed by atoms with Crippen LogP contribution in [0.3, 0.4) is 0 Å². The summed E-state index contributed by atoms with van der Waals surface area (Å²) in [5.41, 5.74) is 1.02. The predicted molar refractivity (Wildman–Crippen MR) is 79.4 cm³/mol. The van der Waals surface area contributed by atoms with Crippen LogP contribution in [0.5, 0.6) is 0 Å². The standard InChI is InChI=1S/C16H20N2O2/c1-11(2)16(12(3)19)17-15(20)10-18-9-8-13-6-4-5-7-14(13)18/h4-9,11,16H,10H2,1-3H3,(H,17,20). The first-order chi connectivity index (χ1) is 9.49. The van der Waals surface area contributed by atoms with Gasteiger partial charge >= 0.3 is 0 Å². The minimum atomic E-state index is -0.413. The van der Waals surface area contributed by atoms with Crippen LogP contribution >= 0.6 is 0 Å². The van der Waals surface area contributed by atoms with Gasteiger partial charge in [0.2, 0.25) is 5.91 Å². The minimum absolute atomic E-state index is 0.00860. The molecule has 4 nitrogen and oxygen atoms in total. The summed E-state index contributed by atoms with van der Waals surface area (Å²) >= 11 is 0. The van der Waals surface area contributed by atoms with Gasteiger partial charge in [0.25, 0.3) is 0 Å². The summed E-state index contributed by atoms with van der Waals surface area (Å²) in [5.74, 6) is -0.0520. The summed E-state index contributed by atoms with van der Waals surface area (Å²) in [4.78, 5) is 23.6. The number of carbonyl (C=O) groups excluding carboxylic acids is 2. The Morgan fingerprint density at radius 2 is 1.90 bits per heavy atom. The number of nitrogens with zero attached hydrogens (tertiary/aromatic N) is 1. The molecule has 4 heteroatoms. The third-order valence-electron chi connectivity index (χ3n) is 3.42. The van der Waals surface area contributed by atoms with Gasteiger partial charge in [-0.3, -0.25) is 9.59 Å². The Morgan fingerprint density at radius 3 is 2.55 bits per heavy atom. The van der Waals surface area contributed by atoms with Crippen LogP contribution in [-0.2, 0) is 16.1 Å². The lowest BCUT2D eigenvalue weighted by Crippen LogP contribution is -2.44. The SMILES string of the molecule is CC(=O)C(NC(=O)Cn1ccc2ccccc21)C(C)C. The number of carbonyl (C=O) groups is 2. The fourth-order valence-corrected chi connectivity index (χ4v) is 2.39. The third kappa shape index (κ3) is 3.07. The van der Waals surface area contributed by atoms with E-state index in [0.29, 0.717) is 0 Å². The van der Waals surface area contributed by atoms with Gasteiger partial charge in [0.05, 0.1) is 6.04 Å². The maximum absolute atomic E-state index is 12.1. The zero-order valence-corrected chi connectivity index (χ0v) is 12.1. The van der Waals surface area contributed by atoms with Gasteiger partial charge < -0.3 is 9.88 Å². The highest BCUT2D eigenvalue weighted by atomic mass is 16.2. The Hall–Kier alpha value is -2.10. The van der Waals surface area contributed by atoms with Gasteiger partial charge in [-0.15, -0.1) is 0 Å². The van der Waals surface area contributed by atoms with Crippen molar-refractivity contribution in [2.45, 2.75) is 33.4 Å². The lowest BCUT2D eigenvalue weighted by molar-refractivity contribution is -0.128. The Balaban J connectivity index is 2.10. The van der Waals surface area contributed by atoms with Gasteiger partial charge in [-0.1, -0.05) is 32.0 Å². The van der Waals surface area contributed by atoms with E-state index in [1.165, 1.54) is 6.92 Å². The molecule has 1 amide bonds. The molecule has 20 heavy (non-hydrogen) atoms. The van der Waals surface area contributed by atoms with E-state index < -0.39 is 6.04 Å². The Kier molecular flexibility index (Phi) is 4.23. The van der Waals surface area contributed by atoms with Crippen molar-refractivity contribution in [3.05, 3.63) is 36.5 Å². The predicted octanol–water partition coefficient (Wildman–Crippen LogP) is 2.37. The lowest BCUT2D eigenvalue weighted by Gasteiger charge is -2.19. The van der Waals surface area contributed by atoms with Gasteiger partial charge in [0, 0.05) is 11.7 Å². The van der Waals surface area contributed by atoms with Crippen LogP contribution in [0.2, 0.25) is 0 Å². The second-order valence-electron chi connectivity index (χ2n) is 5.40.